The van der Waals surface area contributed by atoms with Gasteiger partial charge in [-0.2, -0.15) is 0 Å². The van der Waals surface area contributed by atoms with E-state index >= 15 is 0 Å². The Kier molecular flexibility index (Phi) is 4.95. The van der Waals surface area contributed by atoms with E-state index in [-0.39, 0.29) is 24.1 Å². The van der Waals surface area contributed by atoms with Crippen molar-refractivity contribution >= 4 is 5.91 Å². The van der Waals surface area contributed by atoms with Gasteiger partial charge >= 0.3 is 0 Å². The van der Waals surface area contributed by atoms with Crippen molar-refractivity contribution in [3.05, 3.63) is 0 Å². The molecule has 4 nitrogen and oxygen atoms in total. The smallest absolute Gasteiger partial charge is 0.242 e. The first-order valence-corrected chi connectivity index (χ1v) is 6.56. The summed E-state index contributed by atoms with van der Waals surface area (Å²) < 4.78 is 0. The topological polar surface area (TPSA) is 43.8 Å². The number of nitrogens with zero attached hydrogens (tertiary/aromatic N) is 2. The molecule has 1 aliphatic rings. The lowest BCUT2D eigenvalue weighted by Gasteiger charge is -2.40. The number of hydrogen-bond acceptors (Lipinski definition) is 3. The summed E-state index contributed by atoms with van der Waals surface area (Å²) in [5.41, 5.74) is -0.0248. The Labute approximate surface area is 105 Å². The molecule has 1 aliphatic heterocycles. The van der Waals surface area contributed by atoms with Crippen LogP contribution in [0.2, 0.25) is 0 Å². The standard InChI is InChI=1S/C13H26N2O2/c1-5-6-8-15-11(10-16)12(17)14(4)9-7-13(15,2)3/h11,16H,5-10H2,1-4H3. The van der Waals surface area contributed by atoms with Gasteiger partial charge in [0, 0.05) is 19.1 Å². The minimum atomic E-state index is -0.371. The fourth-order valence-electron chi connectivity index (χ4n) is 2.47. The number of amides is 1. The van der Waals surface area contributed by atoms with Gasteiger partial charge in [0.15, 0.2) is 0 Å². The van der Waals surface area contributed by atoms with Crippen LogP contribution in [0.1, 0.15) is 40.0 Å². The lowest BCUT2D eigenvalue weighted by molar-refractivity contribution is -0.137. The van der Waals surface area contributed by atoms with Gasteiger partial charge in [-0.3, -0.25) is 9.69 Å². The number of carbonyl (C=O) groups is 1. The molecule has 1 heterocycles. The predicted octanol–water partition coefficient (Wildman–Crippen LogP) is 1.09. The van der Waals surface area contributed by atoms with E-state index in [4.69, 9.17) is 0 Å². The summed E-state index contributed by atoms with van der Waals surface area (Å²) in [5, 5.41) is 9.52. The van der Waals surface area contributed by atoms with Crippen LogP contribution in [0.5, 0.6) is 0 Å². The van der Waals surface area contributed by atoms with E-state index in [0.29, 0.717) is 0 Å². The van der Waals surface area contributed by atoms with Crippen molar-refractivity contribution in [3.8, 4) is 0 Å². The molecule has 0 aromatic heterocycles. The molecule has 100 valence electrons. The third-order valence-corrected chi connectivity index (χ3v) is 3.80. The van der Waals surface area contributed by atoms with E-state index in [2.05, 4.69) is 25.7 Å². The highest BCUT2D eigenvalue weighted by Gasteiger charge is 2.39. The van der Waals surface area contributed by atoms with Crippen molar-refractivity contribution in [2.24, 2.45) is 0 Å². The number of carbonyl (C=O) groups excluding carboxylic acids is 1. The lowest BCUT2D eigenvalue weighted by Crippen LogP contribution is -2.54. The fourth-order valence-corrected chi connectivity index (χ4v) is 2.47. The van der Waals surface area contributed by atoms with Gasteiger partial charge in [-0.1, -0.05) is 13.3 Å². The molecule has 0 aromatic carbocycles. The molecule has 0 spiro atoms. The second-order valence-electron chi connectivity index (χ2n) is 5.57. The Morgan fingerprint density at radius 1 is 1.47 bits per heavy atom. The summed E-state index contributed by atoms with van der Waals surface area (Å²) in [4.78, 5) is 16.1. The van der Waals surface area contributed by atoms with E-state index in [1.165, 1.54) is 0 Å². The monoisotopic (exact) mass is 242 g/mol. The Balaban J connectivity index is 2.92. The van der Waals surface area contributed by atoms with Gasteiger partial charge in [0.1, 0.15) is 6.04 Å². The summed E-state index contributed by atoms with van der Waals surface area (Å²) in [6.45, 7) is 8.04. The zero-order chi connectivity index (χ0) is 13.1. The van der Waals surface area contributed by atoms with Crippen molar-refractivity contribution < 1.29 is 9.90 Å². The van der Waals surface area contributed by atoms with E-state index in [0.717, 1.165) is 32.4 Å². The number of rotatable bonds is 4. The maximum atomic E-state index is 12.2. The third-order valence-electron chi connectivity index (χ3n) is 3.80. The molecule has 1 N–H and O–H groups in total. The predicted molar refractivity (Wildman–Crippen MR) is 68.8 cm³/mol. The maximum Gasteiger partial charge on any atom is 0.242 e. The molecule has 0 aliphatic carbocycles. The van der Waals surface area contributed by atoms with E-state index in [1.807, 2.05) is 7.05 Å². The molecule has 4 heteroatoms. The van der Waals surface area contributed by atoms with Crippen molar-refractivity contribution in [2.45, 2.75) is 51.6 Å². The number of likely N-dealkylation sites (N-methyl/N-ethyl adjacent to an activating group) is 1. The molecular weight excluding hydrogens is 216 g/mol. The van der Waals surface area contributed by atoms with Crippen molar-refractivity contribution in [1.82, 2.24) is 9.80 Å². The molecule has 0 radical (unpaired) electrons. The average Bonchev–Trinajstić information content (AvgIpc) is 2.37. The van der Waals surface area contributed by atoms with E-state index in [1.54, 1.807) is 4.90 Å². The van der Waals surface area contributed by atoms with Crippen molar-refractivity contribution in [2.75, 3.05) is 26.7 Å². The highest BCUT2D eigenvalue weighted by atomic mass is 16.3. The Morgan fingerprint density at radius 2 is 2.12 bits per heavy atom. The average molecular weight is 242 g/mol. The zero-order valence-corrected chi connectivity index (χ0v) is 11.6. The van der Waals surface area contributed by atoms with E-state index in [9.17, 15) is 9.90 Å². The van der Waals surface area contributed by atoms with Crippen LogP contribution < -0.4 is 0 Å². The molecule has 0 bridgehead atoms. The van der Waals surface area contributed by atoms with Gasteiger partial charge in [-0.05, 0) is 33.2 Å². The summed E-state index contributed by atoms with van der Waals surface area (Å²) in [5.74, 6) is 0.0502. The number of aliphatic hydroxyl groups is 1. The van der Waals surface area contributed by atoms with Gasteiger partial charge in [0.2, 0.25) is 5.91 Å². The van der Waals surface area contributed by atoms with E-state index < -0.39 is 0 Å². The molecule has 1 saturated heterocycles. The molecule has 17 heavy (non-hydrogen) atoms. The quantitative estimate of drug-likeness (QED) is 0.802. The highest BCUT2D eigenvalue weighted by molar-refractivity contribution is 5.82. The highest BCUT2D eigenvalue weighted by Crippen LogP contribution is 2.26. The Morgan fingerprint density at radius 3 is 2.65 bits per heavy atom. The van der Waals surface area contributed by atoms with Crippen LogP contribution in [0, 0.1) is 0 Å². The minimum absolute atomic E-state index is 0.0248. The molecule has 1 amide bonds. The first-order chi connectivity index (χ1) is 7.94. The number of aliphatic hydroxyl groups excluding tert-OH is 1. The van der Waals surface area contributed by atoms with Crippen molar-refractivity contribution in [1.29, 1.82) is 0 Å². The molecule has 1 unspecified atom stereocenters. The SMILES string of the molecule is CCCCN1C(CO)C(=O)N(C)CCC1(C)C. The third kappa shape index (κ3) is 3.19. The van der Waals surface area contributed by atoms with Gasteiger partial charge in [0.05, 0.1) is 6.61 Å². The van der Waals surface area contributed by atoms with Crippen LogP contribution >= 0.6 is 0 Å². The summed E-state index contributed by atoms with van der Waals surface area (Å²) in [7, 11) is 1.82. The molecular formula is C13H26N2O2. The minimum Gasteiger partial charge on any atom is -0.394 e. The largest absolute Gasteiger partial charge is 0.394 e. The van der Waals surface area contributed by atoms with Gasteiger partial charge in [-0.15, -0.1) is 0 Å². The summed E-state index contributed by atoms with van der Waals surface area (Å²) in [6.07, 6.45) is 3.13. The van der Waals surface area contributed by atoms with Crippen molar-refractivity contribution in [3.63, 3.8) is 0 Å². The Hall–Kier alpha value is -0.610. The van der Waals surface area contributed by atoms with Gasteiger partial charge < -0.3 is 10.0 Å². The first kappa shape index (κ1) is 14.5. The van der Waals surface area contributed by atoms with Crippen LogP contribution in [0.25, 0.3) is 0 Å². The molecule has 1 rings (SSSR count). The summed E-state index contributed by atoms with van der Waals surface area (Å²) in [6, 6.07) is -0.371. The first-order valence-electron chi connectivity index (χ1n) is 6.56. The Bertz CT molecular complexity index is 266. The molecule has 0 saturated carbocycles. The molecule has 0 aromatic rings. The number of hydrogen-bond donors (Lipinski definition) is 1. The summed E-state index contributed by atoms with van der Waals surface area (Å²) >= 11 is 0. The van der Waals surface area contributed by atoms with Crippen LogP contribution in [-0.2, 0) is 4.79 Å². The zero-order valence-electron chi connectivity index (χ0n) is 11.6. The second kappa shape index (κ2) is 5.83. The van der Waals surface area contributed by atoms with Gasteiger partial charge in [0.25, 0.3) is 0 Å². The van der Waals surface area contributed by atoms with Gasteiger partial charge in [-0.25, -0.2) is 0 Å². The maximum absolute atomic E-state index is 12.2. The van der Waals surface area contributed by atoms with Crippen LogP contribution in [0.15, 0.2) is 0 Å². The fraction of sp³-hybridized carbons (Fsp3) is 0.923. The second-order valence-corrected chi connectivity index (χ2v) is 5.57. The molecule has 1 fully saturated rings. The van der Waals surface area contributed by atoms with Crippen LogP contribution in [0.4, 0.5) is 0 Å². The lowest BCUT2D eigenvalue weighted by atomic mass is 9.96. The normalized spacial score (nSPS) is 26.1. The molecule has 1 atom stereocenters. The number of unbranched alkanes of at least 4 members (excludes halogenated alkanes) is 1. The van der Waals surface area contributed by atoms with Crippen LogP contribution in [-0.4, -0.2) is 59.1 Å². The van der Waals surface area contributed by atoms with Crippen LogP contribution in [0.3, 0.4) is 0 Å².